The van der Waals surface area contributed by atoms with Gasteiger partial charge in [0.15, 0.2) is 9.84 Å². The second kappa shape index (κ2) is 7.82. The summed E-state index contributed by atoms with van der Waals surface area (Å²) in [7, 11) is -1.07. The molecule has 1 unspecified atom stereocenters. The molecule has 138 valence electrons. The van der Waals surface area contributed by atoms with Crippen LogP contribution in [0.4, 0.5) is 5.69 Å². The standard InChI is InChI=1S/C18H22N4O3S/c1-22(10-5-14-2-7-19-8-3-14)16-4-9-20-17(12-16)18(23)21-15-6-11-26(24,25)13-15/h2-4,7-9,12,15H,5-6,10-11,13H2,1H3,(H,21,23). The Hall–Kier alpha value is -2.48. The van der Waals surface area contributed by atoms with Crippen LogP contribution in [0.3, 0.4) is 0 Å². The van der Waals surface area contributed by atoms with E-state index in [9.17, 15) is 13.2 Å². The van der Waals surface area contributed by atoms with Gasteiger partial charge >= 0.3 is 0 Å². The Balaban J connectivity index is 1.61. The molecule has 2 aromatic heterocycles. The van der Waals surface area contributed by atoms with Crippen LogP contribution in [0.15, 0.2) is 42.9 Å². The first-order valence-electron chi connectivity index (χ1n) is 8.50. The van der Waals surface area contributed by atoms with Crippen molar-refractivity contribution >= 4 is 21.4 Å². The molecule has 0 aromatic carbocycles. The quantitative estimate of drug-likeness (QED) is 0.813. The SMILES string of the molecule is CN(CCc1ccncc1)c1ccnc(C(=O)NC2CCS(=O)(=O)C2)c1. The van der Waals surface area contributed by atoms with Gasteiger partial charge in [-0.3, -0.25) is 14.8 Å². The smallest absolute Gasteiger partial charge is 0.270 e. The molecule has 1 saturated heterocycles. The van der Waals surface area contributed by atoms with E-state index >= 15 is 0 Å². The summed E-state index contributed by atoms with van der Waals surface area (Å²) in [6, 6.07) is 7.21. The molecule has 8 heteroatoms. The van der Waals surface area contributed by atoms with Crippen LogP contribution < -0.4 is 10.2 Å². The largest absolute Gasteiger partial charge is 0.374 e. The third kappa shape index (κ3) is 4.78. The molecule has 1 atom stereocenters. The first-order valence-corrected chi connectivity index (χ1v) is 10.3. The lowest BCUT2D eigenvalue weighted by Gasteiger charge is -2.20. The first kappa shape index (κ1) is 18.3. The monoisotopic (exact) mass is 374 g/mol. The van der Waals surface area contributed by atoms with Gasteiger partial charge in [-0.05, 0) is 42.7 Å². The predicted molar refractivity (Wildman–Crippen MR) is 100.0 cm³/mol. The number of hydrogen-bond acceptors (Lipinski definition) is 6. The summed E-state index contributed by atoms with van der Waals surface area (Å²) >= 11 is 0. The zero-order chi connectivity index (χ0) is 18.6. The molecule has 3 rings (SSSR count). The number of sulfone groups is 1. The number of anilines is 1. The maximum atomic E-state index is 12.4. The average molecular weight is 374 g/mol. The minimum Gasteiger partial charge on any atom is -0.374 e. The van der Waals surface area contributed by atoms with E-state index in [4.69, 9.17) is 0 Å². The summed E-state index contributed by atoms with van der Waals surface area (Å²) in [5.74, 6) is -0.204. The lowest BCUT2D eigenvalue weighted by atomic mass is 10.2. The fourth-order valence-electron chi connectivity index (χ4n) is 2.92. The fraction of sp³-hybridized carbons (Fsp3) is 0.389. The Morgan fingerprint density at radius 1 is 1.27 bits per heavy atom. The summed E-state index contributed by atoms with van der Waals surface area (Å²) in [6.07, 6.45) is 6.46. The van der Waals surface area contributed by atoms with Gasteiger partial charge < -0.3 is 10.2 Å². The molecule has 1 aliphatic heterocycles. The molecule has 2 aromatic rings. The third-order valence-electron chi connectivity index (χ3n) is 4.47. The molecule has 7 nitrogen and oxygen atoms in total. The Bertz CT molecular complexity index is 871. The minimum atomic E-state index is -3.03. The molecule has 0 saturated carbocycles. The van der Waals surface area contributed by atoms with Crippen LogP contribution in [0.2, 0.25) is 0 Å². The van der Waals surface area contributed by atoms with Crippen LogP contribution in [-0.2, 0) is 16.3 Å². The summed E-state index contributed by atoms with van der Waals surface area (Å²) in [5, 5.41) is 2.77. The highest BCUT2D eigenvalue weighted by atomic mass is 32.2. The molecule has 1 fully saturated rings. The Labute approximate surface area is 153 Å². The zero-order valence-corrected chi connectivity index (χ0v) is 15.4. The van der Waals surface area contributed by atoms with Crippen LogP contribution in [0.25, 0.3) is 0 Å². The average Bonchev–Trinajstić information content (AvgIpc) is 2.99. The predicted octanol–water partition coefficient (Wildman–Crippen LogP) is 1.07. The molecule has 1 N–H and O–H groups in total. The van der Waals surface area contributed by atoms with Crippen molar-refractivity contribution in [2.75, 3.05) is 30.0 Å². The van der Waals surface area contributed by atoms with Crippen molar-refractivity contribution in [2.45, 2.75) is 18.9 Å². The van der Waals surface area contributed by atoms with Gasteiger partial charge in [0.25, 0.3) is 5.91 Å². The van der Waals surface area contributed by atoms with Crippen molar-refractivity contribution in [3.8, 4) is 0 Å². The summed E-state index contributed by atoms with van der Waals surface area (Å²) in [6.45, 7) is 0.788. The topological polar surface area (TPSA) is 92.3 Å². The number of likely N-dealkylation sites (N-methyl/N-ethyl adjacent to an activating group) is 1. The first-order chi connectivity index (χ1) is 12.4. The molecule has 0 aliphatic carbocycles. The number of rotatable bonds is 6. The second-order valence-electron chi connectivity index (χ2n) is 6.50. The van der Waals surface area contributed by atoms with Crippen molar-refractivity contribution in [3.05, 3.63) is 54.1 Å². The summed E-state index contributed by atoms with van der Waals surface area (Å²) < 4.78 is 23.0. The van der Waals surface area contributed by atoms with Crippen LogP contribution in [0.5, 0.6) is 0 Å². The maximum absolute atomic E-state index is 12.4. The third-order valence-corrected chi connectivity index (χ3v) is 6.24. The van der Waals surface area contributed by atoms with Crippen molar-refractivity contribution in [2.24, 2.45) is 0 Å². The number of carbonyl (C=O) groups excluding carboxylic acids is 1. The Kier molecular flexibility index (Phi) is 5.51. The van der Waals surface area contributed by atoms with E-state index in [1.165, 1.54) is 5.56 Å². The Morgan fingerprint density at radius 2 is 2.04 bits per heavy atom. The van der Waals surface area contributed by atoms with Crippen LogP contribution in [0.1, 0.15) is 22.5 Å². The van der Waals surface area contributed by atoms with Crippen molar-refractivity contribution in [3.63, 3.8) is 0 Å². The van der Waals surface area contributed by atoms with E-state index in [1.807, 2.05) is 25.2 Å². The van der Waals surface area contributed by atoms with E-state index in [1.54, 1.807) is 24.7 Å². The van der Waals surface area contributed by atoms with Gasteiger partial charge in [0.2, 0.25) is 0 Å². The van der Waals surface area contributed by atoms with Crippen LogP contribution in [-0.4, -0.2) is 55.4 Å². The van der Waals surface area contributed by atoms with Gasteiger partial charge in [0.1, 0.15) is 5.69 Å². The second-order valence-corrected chi connectivity index (χ2v) is 8.73. The van der Waals surface area contributed by atoms with E-state index in [-0.39, 0.29) is 23.5 Å². The van der Waals surface area contributed by atoms with Gasteiger partial charge in [-0.25, -0.2) is 8.42 Å². The van der Waals surface area contributed by atoms with Crippen LogP contribution in [0, 0.1) is 0 Å². The van der Waals surface area contributed by atoms with E-state index in [2.05, 4.69) is 20.2 Å². The molecule has 0 bridgehead atoms. The van der Waals surface area contributed by atoms with E-state index < -0.39 is 9.84 Å². The van der Waals surface area contributed by atoms with Gasteiger partial charge in [-0.1, -0.05) is 0 Å². The van der Waals surface area contributed by atoms with E-state index in [0.717, 1.165) is 18.7 Å². The minimum absolute atomic E-state index is 0.00423. The van der Waals surface area contributed by atoms with Crippen LogP contribution >= 0.6 is 0 Å². The highest BCUT2D eigenvalue weighted by Gasteiger charge is 2.29. The molecule has 26 heavy (non-hydrogen) atoms. The van der Waals surface area contributed by atoms with Crippen molar-refractivity contribution in [1.82, 2.24) is 15.3 Å². The molecule has 1 aliphatic rings. The number of amides is 1. The lowest BCUT2D eigenvalue weighted by Crippen LogP contribution is -2.36. The number of nitrogens with one attached hydrogen (secondary N) is 1. The van der Waals surface area contributed by atoms with E-state index in [0.29, 0.717) is 12.1 Å². The van der Waals surface area contributed by atoms with Crippen molar-refractivity contribution < 1.29 is 13.2 Å². The Morgan fingerprint density at radius 3 is 2.73 bits per heavy atom. The number of pyridine rings is 2. The van der Waals surface area contributed by atoms with Gasteiger partial charge in [-0.2, -0.15) is 0 Å². The number of carbonyl (C=O) groups is 1. The molecular weight excluding hydrogens is 352 g/mol. The lowest BCUT2D eigenvalue weighted by molar-refractivity contribution is 0.0936. The molecule has 0 spiro atoms. The summed E-state index contributed by atoms with van der Waals surface area (Å²) in [5.41, 5.74) is 2.38. The normalized spacial score (nSPS) is 18.4. The van der Waals surface area contributed by atoms with Gasteiger partial charge in [0, 0.05) is 43.9 Å². The molecule has 3 heterocycles. The summed E-state index contributed by atoms with van der Waals surface area (Å²) in [4.78, 5) is 22.6. The highest BCUT2D eigenvalue weighted by molar-refractivity contribution is 7.91. The highest BCUT2D eigenvalue weighted by Crippen LogP contribution is 2.15. The zero-order valence-electron chi connectivity index (χ0n) is 14.6. The number of nitrogens with zero attached hydrogens (tertiary/aromatic N) is 3. The number of hydrogen-bond donors (Lipinski definition) is 1. The van der Waals surface area contributed by atoms with Crippen molar-refractivity contribution in [1.29, 1.82) is 0 Å². The van der Waals surface area contributed by atoms with Gasteiger partial charge in [-0.15, -0.1) is 0 Å². The number of aromatic nitrogens is 2. The fourth-order valence-corrected chi connectivity index (χ4v) is 4.60. The molecular formula is C18H22N4O3S. The molecule has 0 radical (unpaired) electrons. The maximum Gasteiger partial charge on any atom is 0.270 e. The molecule has 1 amide bonds. The van der Waals surface area contributed by atoms with Gasteiger partial charge in [0.05, 0.1) is 11.5 Å².